The number of rotatable bonds is 4. The van der Waals surface area contributed by atoms with Crippen LogP contribution >= 0.6 is 0 Å². The average molecular weight is 363 g/mol. The van der Waals surface area contributed by atoms with Crippen LogP contribution in [-0.4, -0.2) is 63.7 Å². The third-order valence-electron chi connectivity index (χ3n) is 4.57. The maximum atomic E-state index is 12.8. The molecule has 0 unspecified atom stereocenters. The fourth-order valence-corrected chi connectivity index (χ4v) is 3.13. The molecule has 0 aliphatic carbocycles. The zero-order chi connectivity index (χ0) is 18.6. The van der Waals surface area contributed by atoms with Crippen molar-refractivity contribution in [2.75, 3.05) is 42.9 Å². The molecule has 1 aromatic carbocycles. The summed E-state index contributed by atoms with van der Waals surface area (Å²) in [5.41, 5.74) is 1.91. The van der Waals surface area contributed by atoms with E-state index in [-0.39, 0.29) is 5.91 Å². The van der Waals surface area contributed by atoms with Gasteiger partial charge in [0.05, 0.1) is 17.2 Å². The predicted molar refractivity (Wildman–Crippen MR) is 104 cm³/mol. The molecular formula is C19H21N7O. The number of fused-ring (bicyclic) bond motifs is 1. The molecule has 3 heterocycles. The Hall–Kier alpha value is -3.29. The molecule has 1 fully saturated rings. The molecule has 0 radical (unpaired) electrons. The molecule has 0 atom stereocenters. The minimum Gasteiger partial charge on any atom is -0.369 e. The van der Waals surface area contributed by atoms with Crippen molar-refractivity contribution in [3.8, 4) is 0 Å². The lowest BCUT2D eigenvalue weighted by molar-refractivity contribution is 0.0740. The van der Waals surface area contributed by atoms with E-state index < -0.39 is 0 Å². The summed E-state index contributed by atoms with van der Waals surface area (Å²) in [6.07, 6.45) is 1.56. The van der Waals surface area contributed by atoms with E-state index in [9.17, 15) is 4.79 Å². The Morgan fingerprint density at radius 2 is 1.81 bits per heavy atom. The van der Waals surface area contributed by atoms with Gasteiger partial charge in [0.1, 0.15) is 11.5 Å². The Morgan fingerprint density at radius 3 is 2.52 bits per heavy atom. The largest absolute Gasteiger partial charge is 0.369 e. The molecule has 0 bridgehead atoms. The summed E-state index contributed by atoms with van der Waals surface area (Å²) in [6, 6.07) is 11.4. The van der Waals surface area contributed by atoms with Gasteiger partial charge in [-0.1, -0.05) is 12.1 Å². The highest BCUT2D eigenvalue weighted by molar-refractivity contribution is 5.94. The highest BCUT2D eigenvalue weighted by Gasteiger charge is 2.24. The molecule has 1 aliphatic rings. The number of nitrogens with zero attached hydrogens (tertiary/aromatic N) is 6. The number of para-hydroxylation sites is 2. The van der Waals surface area contributed by atoms with E-state index >= 15 is 0 Å². The Bertz CT molecular complexity index is 936. The number of amides is 1. The van der Waals surface area contributed by atoms with Crippen LogP contribution in [-0.2, 0) is 0 Å². The Balaban J connectivity index is 1.41. The summed E-state index contributed by atoms with van der Waals surface area (Å²) < 4.78 is 0. The van der Waals surface area contributed by atoms with Crippen LogP contribution in [0.5, 0.6) is 0 Å². The summed E-state index contributed by atoms with van der Waals surface area (Å²) in [4.78, 5) is 25.5. The summed E-state index contributed by atoms with van der Waals surface area (Å²) in [5, 5.41) is 11.6. The molecule has 0 spiro atoms. The van der Waals surface area contributed by atoms with Gasteiger partial charge in [-0.05, 0) is 31.2 Å². The second-order valence-corrected chi connectivity index (χ2v) is 6.33. The van der Waals surface area contributed by atoms with Crippen molar-refractivity contribution < 1.29 is 4.79 Å². The first kappa shape index (κ1) is 17.1. The quantitative estimate of drug-likeness (QED) is 0.756. The molecule has 0 saturated carbocycles. The van der Waals surface area contributed by atoms with Gasteiger partial charge in [-0.15, -0.1) is 10.2 Å². The zero-order valence-corrected chi connectivity index (χ0v) is 15.2. The second-order valence-electron chi connectivity index (χ2n) is 6.33. The first-order valence-corrected chi connectivity index (χ1v) is 9.08. The van der Waals surface area contributed by atoms with Crippen LogP contribution in [0.15, 0.2) is 42.6 Å². The smallest absolute Gasteiger partial charge is 0.274 e. The molecule has 138 valence electrons. The van der Waals surface area contributed by atoms with Crippen LogP contribution in [0.2, 0.25) is 0 Å². The molecule has 8 nitrogen and oxygen atoms in total. The third kappa shape index (κ3) is 3.64. The van der Waals surface area contributed by atoms with Crippen molar-refractivity contribution in [1.82, 2.24) is 25.1 Å². The van der Waals surface area contributed by atoms with Crippen LogP contribution in [0, 0.1) is 0 Å². The topological polar surface area (TPSA) is 87.1 Å². The highest BCUT2D eigenvalue weighted by atomic mass is 16.2. The molecule has 4 rings (SSSR count). The van der Waals surface area contributed by atoms with E-state index in [4.69, 9.17) is 0 Å². The van der Waals surface area contributed by atoms with Crippen molar-refractivity contribution in [3.63, 3.8) is 0 Å². The number of nitrogens with one attached hydrogen (secondary N) is 1. The molecule has 2 aromatic heterocycles. The highest BCUT2D eigenvalue weighted by Crippen LogP contribution is 2.16. The van der Waals surface area contributed by atoms with E-state index in [2.05, 4.69) is 30.4 Å². The van der Waals surface area contributed by atoms with E-state index in [0.717, 1.165) is 29.2 Å². The number of carbonyl (C=O) groups excluding carboxylic acids is 1. The fourth-order valence-electron chi connectivity index (χ4n) is 3.13. The van der Waals surface area contributed by atoms with Crippen molar-refractivity contribution in [3.05, 3.63) is 48.3 Å². The zero-order valence-electron chi connectivity index (χ0n) is 15.2. The van der Waals surface area contributed by atoms with Crippen molar-refractivity contribution in [2.45, 2.75) is 6.92 Å². The summed E-state index contributed by atoms with van der Waals surface area (Å²) in [6.45, 7) is 5.48. The van der Waals surface area contributed by atoms with Gasteiger partial charge in [-0.25, -0.2) is 4.98 Å². The molecule has 3 aromatic rings. The number of aromatic nitrogens is 4. The lowest BCUT2D eigenvalue weighted by Crippen LogP contribution is -2.49. The van der Waals surface area contributed by atoms with Crippen LogP contribution in [0.3, 0.4) is 0 Å². The normalized spacial score (nSPS) is 14.4. The van der Waals surface area contributed by atoms with Gasteiger partial charge >= 0.3 is 0 Å². The number of anilines is 2. The number of piperazine rings is 1. The number of hydrogen-bond donors (Lipinski definition) is 1. The first-order chi connectivity index (χ1) is 13.2. The fraction of sp³-hybridized carbons (Fsp3) is 0.316. The summed E-state index contributed by atoms with van der Waals surface area (Å²) in [7, 11) is 0. The van der Waals surface area contributed by atoms with Gasteiger partial charge in [0, 0.05) is 32.7 Å². The Kier molecular flexibility index (Phi) is 4.78. The van der Waals surface area contributed by atoms with Crippen LogP contribution in [0.25, 0.3) is 11.0 Å². The first-order valence-electron chi connectivity index (χ1n) is 9.08. The maximum absolute atomic E-state index is 12.8. The number of benzene rings is 1. The Labute approximate surface area is 157 Å². The molecular weight excluding hydrogens is 342 g/mol. The number of hydrogen-bond acceptors (Lipinski definition) is 7. The van der Waals surface area contributed by atoms with Crippen LogP contribution in [0.4, 0.5) is 11.6 Å². The molecule has 8 heteroatoms. The predicted octanol–water partition coefficient (Wildman–Crippen LogP) is 1.81. The Morgan fingerprint density at radius 1 is 1.04 bits per heavy atom. The van der Waals surface area contributed by atoms with Crippen molar-refractivity contribution in [1.29, 1.82) is 0 Å². The standard InChI is InChI=1S/C19H21N7O/c1-2-20-17-7-8-18(24-23-17)25-9-11-26(12-10-25)19(27)16-13-21-14-5-3-4-6-15(14)22-16/h3-8,13H,2,9-12H2,1H3,(H,20,23). The van der Waals surface area contributed by atoms with Crippen molar-refractivity contribution in [2.24, 2.45) is 0 Å². The second kappa shape index (κ2) is 7.53. The monoisotopic (exact) mass is 363 g/mol. The van der Waals surface area contributed by atoms with E-state index in [1.165, 1.54) is 0 Å². The molecule has 1 N–H and O–H groups in total. The molecule has 1 saturated heterocycles. The van der Waals surface area contributed by atoms with Crippen molar-refractivity contribution >= 4 is 28.6 Å². The summed E-state index contributed by atoms with van der Waals surface area (Å²) in [5.74, 6) is 1.51. The number of carbonyl (C=O) groups is 1. The molecule has 1 aliphatic heterocycles. The minimum absolute atomic E-state index is 0.0820. The van der Waals surface area contributed by atoms with Gasteiger partial charge in [0.2, 0.25) is 0 Å². The van der Waals surface area contributed by atoms with Gasteiger partial charge in [0.15, 0.2) is 5.82 Å². The van der Waals surface area contributed by atoms with Gasteiger partial charge in [-0.2, -0.15) is 0 Å². The minimum atomic E-state index is -0.0820. The summed E-state index contributed by atoms with van der Waals surface area (Å²) >= 11 is 0. The van der Waals surface area contributed by atoms with Gasteiger partial charge < -0.3 is 15.1 Å². The third-order valence-corrected chi connectivity index (χ3v) is 4.57. The van der Waals surface area contributed by atoms with Gasteiger partial charge in [-0.3, -0.25) is 9.78 Å². The van der Waals surface area contributed by atoms with Gasteiger partial charge in [0.25, 0.3) is 5.91 Å². The molecule has 1 amide bonds. The SMILES string of the molecule is CCNc1ccc(N2CCN(C(=O)c3cnc4ccccc4n3)CC2)nn1. The van der Waals surface area contributed by atoms with E-state index in [0.29, 0.717) is 31.9 Å². The lowest BCUT2D eigenvalue weighted by Gasteiger charge is -2.35. The lowest BCUT2D eigenvalue weighted by atomic mass is 10.2. The van der Waals surface area contributed by atoms with E-state index in [1.807, 2.05) is 48.2 Å². The van der Waals surface area contributed by atoms with Crippen LogP contribution in [0.1, 0.15) is 17.4 Å². The van der Waals surface area contributed by atoms with E-state index in [1.54, 1.807) is 6.20 Å². The average Bonchev–Trinajstić information content (AvgIpc) is 2.74. The van der Waals surface area contributed by atoms with Crippen LogP contribution < -0.4 is 10.2 Å². The molecule has 27 heavy (non-hydrogen) atoms. The maximum Gasteiger partial charge on any atom is 0.274 e.